The summed E-state index contributed by atoms with van der Waals surface area (Å²) in [6, 6.07) is 1.36. The van der Waals surface area contributed by atoms with Crippen LogP contribution in [0.15, 0.2) is 18.5 Å². The molecule has 14 heavy (non-hydrogen) atoms. The fraction of sp³-hybridized carbons (Fsp3) is 0.444. The van der Waals surface area contributed by atoms with E-state index in [9.17, 15) is 14.6 Å². The molecule has 0 bridgehead atoms. The molecule has 0 saturated heterocycles. The van der Waals surface area contributed by atoms with Gasteiger partial charge in [0.1, 0.15) is 11.9 Å². The first-order chi connectivity index (χ1) is 6.66. The highest BCUT2D eigenvalue weighted by molar-refractivity contribution is 9.09. The van der Waals surface area contributed by atoms with Gasteiger partial charge in [-0.05, 0) is 12.5 Å². The van der Waals surface area contributed by atoms with Crippen molar-refractivity contribution in [1.82, 2.24) is 4.98 Å². The van der Waals surface area contributed by atoms with Gasteiger partial charge in [0.15, 0.2) is 0 Å². The average Bonchev–Trinajstić information content (AvgIpc) is 2.18. The van der Waals surface area contributed by atoms with Crippen molar-refractivity contribution < 1.29 is 14.6 Å². The Balaban J connectivity index is 2.78. The minimum absolute atomic E-state index is 0.0773. The lowest BCUT2D eigenvalue weighted by Gasteiger charge is -2.17. The molecule has 1 aromatic rings. The number of hydrogen-bond donors (Lipinski definition) is 2. The van der Waals surface area contributed by atoms with Crippen molar-refractivity contribution in [1.29, 1.82) is 0 Å². The first kappa shape index (κ1) is 11.6. The molecule has 0 radical (unpaired) electrons. The second-order valence-electron chi connectivity index (χ2n) is 2.89. The van der Waals surface area contributed by atoms with Crippen LogP contribution < -0.4 is 0 Å². The summed E-state index contributed by atoms with van der Waals surface area (Å²) in [7, 11) is 0. The smallest absolute Gasteiger partial charge is 0.147 e. The fourth-order valence-electron chi connectivity index (χ4n) is 1.10. The standard InChI is InChI=1S/C9H11BrFNO2/c10-3-1-8(13)9(14)6-2-4-12-5-7(6)11/h2,4-5,8-9,13-14H,1,3H2. The van der Waals surface area contributed by atoms with Crippen LogP contribution in [-0.2, 0) is 0 Å². The van der Waals surface area contributed by atoms with Gasteiger partial charge in [-0.2, -0.15) is 0 Å². The molecule has 78 valence electrons. The summed E-state index contributed by atoms with van der Waals surface area (Å²) in [5.41, 5.74) is 0.0773. The molecule has 2 N–H and O–H groups in total. The Hall–Kier alpha value is -0.520. The summed E-state index contributed by atoms with van der Waals surface area (Å²) in [6.45, 7) is 0. The van der Waals surface area contributed by atoms with Crippen LogP contribution in [0.1, 0.15) is 18.1 Å². The highest BCUT2D eigenvalue weighted by Crippen LogP contribution is 2.21. The predicted octanol–water partition coefficient (Wildman–Crippen LogP) is 1.40. The van der Waals surface area contributed by atoms with E-state index in [4.69, 9.17) is 0 Å². The van der Waals surface area contributed by atoms with Crippen LogP contribution in [-0.4, -0.2) is 26.6 Å². The van der Waals surface area contributed by atoms with E-state index in [1.165, 1.54) is 12.3 Å². The highest BCUT2D eigenvalue weighted by atomic mass is 79.9. The van der Waals surface area contributed by atoms with Gasteiger partial charge in [-0.1, -0.05) is 15.9 Å². The summed E-state index contributed by atoms with van der Waals surface area (Å²) in [4.78, 5) is 3.56. The van der Waals surface area contributed by atoms with Gasteiger partial charge >= 0.3 is 0 Å². The Morgan fingerprint density at radius 3 is 2.79 bits per heavy atom. The Kier molecular flexibility index (Phi) is 4.44. The molecule has 2 atom stereocenters. The number of aliphatic hydroxyl groups excluding tert-OH is 2. The zero-order valence-electron chi connectivity index (χ0n) is 7.40. The van der Waals surface area contributed by atoms with E-state index in [1.807, 2.05) is 0 Å². The molecule has 0 amide bonds. The van der Waals surface area contributed by atoms with Gasteiger partial charge in [0.25, 0.3) is 0 Å². The quantitative estimate of drug-likeness (QED) is 0.808. The third kappa shape index (κ3) is 2.73. The molecule has 1 heterocycles. The van der Waals surface area contributed by atoms with Crippen LogP contribution >= 0.6 is 15.9 Å². The van der Waals surface area contributed by atoms with Crippen molar-refractivity contribution >= 4 is 15.9 Å². The number of nitrogens with zero attached hydrogens (tertiary/aromatic N) is 1. The Morgan fingerprint density at radius 1 is 1.50 bits per heavy atom. The molecule has 5 heteroatoms. The first-order valence-corrected chi connectivity index (χ1v) is 5.30. The molecule has 0 aliphatic rings. The average molecular weight is 264 g/mol. The lowest BCUT2D eigenvalue weighted by Crippen LogP contribution is -2.19. The lowest BCUT2D eigenvalue weighted by molar-refractivity contribution is 0.0152. The van der Waals surface area contributed by atoms with Gasteiger partial charge in [-0.15, -0.1) is 0 Å². The number of aromatic nitrogens is 1. The lowest BCUT2D eigenvalue weighted by atomic mass is 10.0. The molecule has 0 aliphatic carbocycles. The molecular weight excluding hydrogens is 253 g/mol. The number of rotatable bonds is 4. The van der Waals surface area contributed by atoms with Crippen molar-refractivity contribution in [2.24, 2.45) is 0 Å². The zero-order valence-corrected chi connectivity index (χ0v) is 8.98. The number of halogens is 2. The van der Waals surface area contributed by atoms with E-state index in [0.717, 1.165) is 6.20 Å². The van der Waals surface area contributed by atoms with Crippen LogP contribution in [0.4, 0.5) is 4.39 Å². The van der Waals surface area contributed by atoms with Gasteiger partial charge in [0, 0.05) is 17.1 Å². The largest absolute Gasteiger partial charge is 0.390 e. The van der Waals surface area contributed by atoms with Crippen LogP contribution in [0.25, 0.3) is 0 Å². The van der Waals surface area contributed by atoms with Gasteiger partial charge in [0.05, 0.1) is 12.3 Å². The molecule has 0 aromatic carbocycles. The maximum absolute atomic E-state index is 13.1. The number of hydrogen-bond acceptors (Lipinski definition) is 3. The van der Waals surface area contributed by atoms with E-state index in [-0.39, 0.29) is 5.56 Å². The SMILES string of the molecule is OC(CCBr)C(O)c1ccncc1F. The van der Waals surface area contributed by atoms with Crippen molar-refractivity contribution in [3.8, 4) is 0 Å². The monoisotopic (exact) mass is 263 g/mol. The van der Waals surface area contributed by atoms with Crippen molar-refractivity contribution in [3.05, 3.63) is 29.8 Å². The Labute approximate surface area is 89.7 Å². The number of alkyl halides is 1. The fourth-order valence-corrected chi connectivity index (χ4v) is 1.57. The van der Waals surface area contributed by atoms with E-state index in [1.54, 1.807) is 0 Å². The van der Waals surface area contributed by atoms with Crippen LogP contribution in [0.2, 0.25) is 0 Å². The molecular formula is C9H11BrFNO2. The van der Waals surface area contributed by atoms with Crippen LogP contribution in [0.3, 0.4) is 0 Å². The second-order valence-corrected chi connectivity index (χ2v) is 3.68. The zero-order chi connectivity index (χ0) is 10.6. The topological polar surface area (TPSA) is 53.4 Å². The number of pyridine rings is 1. The van der Waals surface area contributed by atoms with Crippen molar-refractivity contribution in [2.75, 3.05) is 5.33 Å². The first-order valence-electron chi connectivity index (χ1n) is 4.18. The molecule has 1 rings (SSSR count). The summed E-state index contributed by atoms with van der Waals surface area (Å²) in [5, 5.41) is 19.5. The molecule has 0 spiro atoms. The summed E-state index contributed by atoms with van der Waals surface area (Å²) >= 11 is 3.13. The molecule has 1 aromatic heterocycles. The van der Waals surface area contributed by atoms with Gasteiger partial charge < -0.3 is 10.2 Å². The summed E-state index contributed by atoms with van der Waals surface area (Å²) in [5.74, 6) is -0.603. The minimum atomic E-state index is -1.20. The molecule has 0 aliphatic heterocycles. The van der Waals surface area contributed by atoms with Crippen molar-refractivity contribution in [2.45, 2.75) is 18.6 Å². The normalized spacial score (nSPS) is 15.1. The summed E-state index contributed by atoms with van der Waals surface area (Å²) in [6.07, 6.45) is 0.590. The molecule has 0 fully saturated rings. The van der Waals surface area contributed by atoms with E-state index >= 15 is 0 Å². The highest BCUT2D eigenvalue weighted by Gasteiger charge is 2.20. The Bertz CT molecular complexity index is 298. The van der Waals surface area contributed by atoms with Crippen LogP contribution in [0.5, 0.6) is 0 Å². The van der Waals surface area contributed by atoms with Crippen LogP contribution in [0, 0.1) is 5.82 Å². The van der Waals surface area contributed by atoms with Gasteiger partial charge in [-0.25, -0.2) is 4.39 Å². The second kappa shape index (κ2) is 5.38. The Morgan fingerprint density at radius 2 is 2.21 bits per heavy atom. The summed E-state index contributed by atoms with van der Waals surface area (Å²) < 4.78 is 13.1. The van der Waals surface area contributed by atoms with E-state index in [0.29, 0.717) is 11.8 Å². The van der Waals surface area contributed by atoms with E-state index in [2.05, 4.69) is 20.9 Å². The molecule has 2 unspecified atom stereocenters. The van der Waals surface area contributed by atoms with Gasteiger partial charge in [-0.3, -0.25) is 4.98 Å². The maximum Gasteiger partial charge on any atom is 0.147 e. The molecule has 0 saturated carbocycles. The maximum atomic E-state index is 13.1. The third-order valence-electron chi connectivity index (χ3n) is 1.89. The van der Waals surface area contributed by atoms with E-state index < -0.39 is 18.0 Å². The van der Waals surface area contributed by atoms with Crippen molar-refractivity contribution in [3.63, 3.8) is 0 Å². The number of aliphatic hydroxyl groups is 2. The molecule has 3 nitrogen and oxygen atoms in total. The third-order valence-corrected chi connectivity index (χ3v) is 2.35. The minimum Gasteiger partial charge on any atom is -0.390 e. The predicted molar refractivity (Wildman–Crippen MR) is 53.6 cm³/mol. The van der Waals surface area contributed by atoms with Gasteiger partial charge in [0.2, 0.25) is 0 Å².